The molecule has 0 saturated carbocycles. The van der Waals surface area contributed by atoms with Gasteiger partial charge in [-0.2, -0.15) is 0 Å². The van der Waals surface area contributed by atoms with Gasteiger partial charge in [-0.15, -0.1) is 0 Å². The summed E-state index contributed by atoms with van der Waals surface area (Å²) < 4.78 is 0. The minimum Gasteiger partial charge on any atom is -0.369 e. The van der Waals surface area contributed by atoms with E-state index < -0.39 is 0 Å². The summed E-state index contributed by atoms with van der Waals surface area (Å²) in [5, 5.41) is 3.54. The van der Waals surface area contributed by atoms with Gasteiger partial charge in [0.05, 0.1) is 11.2 Å². The lowest BCUT2D eigenvalue weighted by Crippen LogP contribution is -2.33. The van der Waals surface area contributed by atoms with E-state index in [1.807, 2.05) is 42.3 Å². The van der Waals surface area contributed by atoms with Crippen molar-refractivity contribution in [1.82, 2.24) is 4.98 Å². The number of hydrogen-bond donors (Lipinski definition) is 1. The molecule has 4 heteroatoms. The van der Waals surface area contributed by atoms with Gasteiger partial charge in [0.15, 0.2) is 0 Å². The predicted molar refractivity (Wildman–Crippen MR) is 114 cm³/mol. The number of nitrogens with zero attached hydrogens (tertiary/aromatic N) is 3. The Kier molecular flexibility index (Phi) is 3.44. The summed E-state index contributed by atoms with van der Waals surface area (Å²) in [7, 11) is 1.93. The normalized spacial score (nSPS) is 12.9. The third kappa shape index (κ3) is 2.54. The summed E-state index contributed by atoms with van der Waals surface area (Å²) in [5.74, 6) is 0.451. The SMILES string of the molecule is CN(C(N)=Nc1ccc2cccc3c2c1C=C3)c1ccc2ncccc2c1. The molecule has 1 aromatic heterocycles. The van der Waals surface area contributed by atoms with Crippen molar-refractivity contribution in [2.45, 2.75) is 0 Å². The lowest BCUT2D eigenvalue weighted by Gasteiger charge is -2.19. The average molecular weight is 350 g/mol. The largest absolute Gasteiger partial charge is 0.369 e. The van der Waals surface area contributed by atoms with E-state index in [9.17, 15) is 0 Å². The lowest BCUT2D eigenvalue weighted by atomic mass is 10.0. The third-order valence-electron chi connectivity index (χ3n) is 5.08. The molecule has 4 nitrogen and oxygen atoms in total. The van der Waals surface area contributed by atoms with Gasteiger partial charge >= 0.3 is 0 Å². The molecule has 0 aliphatic heterocycles. The van der Waals surface area contributed by atoms with Crippen LogP contribution in [0.15, 0.2) is 71.9 Å². The molecule has 2 N–H and O–H groups in total. The summed E-state index contributed by atoms with van der Waals surface area (Å²) >= 11 is 0. The molecule has 0 spiro atoms. The highest BCUT2D eigenvalue weighted by Gasteiger charge is 2.14. The van der Waals surface area contributed by atoms with E-state index in [0.29, 0.717) is 5.96 Å². The van der Waals surface area contributed by atoms with E-state index in [4.69, 9.17) is 10.7 Å². The highest BCUT2D eigenvalue weighted by molar-refractivity contribution is 6.09. The van der Waals surface area contributed by atoms with Crippen LogP contribution in [0.2, 0.25) is 0 Å². The molecule has 27 heavy (non-hydrogen) atoms. The minimum absolute atomic E-state index is 0.451. The molecule has 3 aromatic carbocycles. The van der Waals surface area contributed by atoms with Crippen molar-refractivity contribution in [2.75, 3.05) is 11.9 Å². The van der Waals surface area contributed by atoms with Crippen molar-refractivity contribution < 1.29 is 0 Å². The Balaban J connectivity index is 1.55. The third-order valence-corrected chi connectivity index (χ3v) is 5.08. The fourth-order valence-electron chi connectivity index (χ4n) is 3.61. The van der Waals surface area contributed by atoms with Crippen molar-refractivity contribution in [3.8, 4) is 0 Å². The Hall–Kier alpha value is -3.66. The monoisotopic (exact) mass is 350 g/mol. The molecule has 0 saturated heterocycles. The summed E-state index contributed by atoms with van der Waals surface area (Å²) in [6.07, 6.45) is 6.05. The quantitative estimate of drug-likeness (QED) is 0.362. The van der Waals surface area contributed by atoms with Crippen LogP contribution in [-0.2, 0) is 0 Å². The number of hydrogen-bond acceptors (Lipinski definition) is 2. The van der Waals surface area contributed by atoms with E-state index in [1.54, 1.807) is 6.20 Å². The van der Waals surface area contributed by atoms with E-state index in [2.05, 4.69) is 47.5 Å². The molecule has 0 fully saturated rings. The summed E-state index contributed by atoms with van der Waals surface area (Å²) in [6.45, 7) is 0. The van der Waals surface area contributed by atoms with Crippen LogP contribution in [-0.4, -0.2) is 18.0 Å². The van der Waals surface area contributed by atoms with Crippen LogP contribution in [0.25, 0.3) is 33.8 Å². The highest BCUT2D eigenvalue weighted by Crippen LogP contribution is 2.37. The zero-order chi connectivity index (χ0) is 18.4. The molecule has 0 atom stereocenters. The number of rotatable bonds is 2. The number of nitrogens with two attached hydrogens (primary N) is 1. The van der Waals surface area contributed by atoms with Gasteiger partial charge in [-0.1, -0.05) is 42.5 Å². The summed E-state index contributed by atoms with van der Waals surface area (Å²) in [5.41, 5.74) is 11.5. The summed E-state index contributed by atoms with van der Waals surface area (Å²) in [6, 6.07) is 20.5. The molecule has 1 aliphatic carbocycles. The maximum Gasteiger partial charge on any atom is 0.200 e. The van der Waals surface area contributed by atoms with Crippen molar-refractivity contribution in [1.29, 1.82) is 0 Å². The van der Waals surface area contributed by atoms with Crippen molar-refractivity contribution in [3.05, 3.63) is 78.0 Å². The molecule has 5 rings (SSSR count). The second-order valence-electron chi connectivity index (χ2n) is 6.69. The molecule has 0 bridgehead atoms. The Labute approximate surface area is 157 Å². The van der Waals surface area contributed by atoms with Gasteiger partial charge in [-0.25, -0.2) is 4.99 Å². The zero-order valence-corrected chi connectivity index (χ0v) is 14.9. The number of aliphatic imine (C=N–C) groups is 1. The van der Waals surface area contributed by atoms with Crippen LogP contribution in [0.4, 0.5) is 11.4 Å². The number of guanidine groups is 1. The van der Waals surface area contributed by atoms with Crippen LogP contribution in [0.5, 0.6) is 0 Å². The zero-order valence-electron chi connectivity index (χ0n) is 14.9. The molecule has 1 heterocycles. The van der Waals surface area contributed by atoms with Gasteiger partial charge in [0.25, 0.3) is 0 Å². The molecule has 0 radical (unpaired) electrons. The van der Waals surface area contributed by atoms with Crippen molar-refractivity contribution >= 4 is 51.2 Å². The van der Waals surface area contributed by atoms with Gasteiger partial charge in [0, 0.05) is 29.9 Å². The molecule has 130 valence electrons. The summed E-state index contributed by atoms with van der Waals surface area (Å²) in [4.78, 5) is 11.0. The van der Waals surface area contributed by atoms with Crippen LogP contribution < -0.4 is 10.6 Å². The Morgan fingerprint density at radius 2 is 1.85 bits per heavy atom. The van der Waals surface area contributed by atoms with E-state index in [0.717, 1.165) is 27.8 Å². The van der Waals surface area contributed by atoms with E-state index in [1.165, 1.54) is 16.3 Å². The topological polar surface area (TPSA) is 54.5 Å². The van der Waals surface area contributed by atoms with Crippen LogP contribution in [0.1, 0.15) is 11.1 Å². The number of pyridine rings is 1. The minimum atomic E-state index is 0.451. The first kappa shape index (κ1) is 15.6. The number of aromatic nitrogens is 1. The Bertz CT molecular complexity index is 1250. The van der Waals surface area contributed by atoms with E-state index in [-0.39, 0.29) is 0 Å². The van der Waals surface area contributed by atoms with Gasteiger partial charge in [0.1, 0.15) is 0 Å². The lowest BCUT2D eigenvalue weighted by molar-refractivity contribution is 1.22. The highest BCUT2D eigenvalue weighted by atomic mass is 15.2. The van der Waals surface area contributed by atoms with Crippen LogP contribution in [0.3, 0.4) is 0 Å². The van der Waals surface area contributed by atoms with Gasteiger partial charge in [0.2, 0.25) is 5.96 Å². The first-order chi connectivity index (χ1) is 13.2. The first-order valence-electron chi connectivity index (χ1n) is 8.87. The number of fused-ring (bicyclic) bond motifs is 1. The average Bonchev–Trinajstić information content (AvgIpc) is 3.15. The molecule has 0 amide bonds. The Morgan fingerprint density at radius 1 is 0.963 bits per heavy atom. The van der Waals surface area contributed by atoms with Crippen LogP contribution in [0, 0.1) is 0 Å². The first-order valence-corrected chi connectivity index (χ1v) is 8.87. The maximum absolute atomic E-state index is 6.35. The van der Waals surface area contributed by atoms with Gasteiger partial charge in [-0.3, -0.25) is 4.98 Å². The van der Waals surface area contributed by atoms with Crippen molar-refractivity contribution in [3.63, 3.8) is 0 Å². The molecular weight excluding hydrogens is 332 g/mol. The van der Waals surface area contributed by atoms with E-state index >= 15 is 0 Å². The predicted octanol–water partition coefficient (Wildman–Crippen LogP) is 4.95. The molecule has 1 aliphatic rings. The van der Waals surface area contributed by atoms with Gasteiger partial charge in [-0.05, 0) is 46.7 Å². The number of benzene rings is 3. The van der Waals surface area contributed by atoms with Gasteiger partial charge < -0.3 is 10.6 Å². The molecule has 0 unspecified atom stereocenters. The number of anilines is 1. The second kappa shape index (κ2) is 5.95. The second-order valence-corrected chi connectivity index (χ2v) is 6.69. The maximum atomic E-state index is 6.35. The standard InChI is InChI=1S/C23H18N4/c1-27(18-9-12-20-17(14-18)6-3-13-25-20)23(24)26-21-11-8-16-5-2-4-15-7-10-19(21)22(15)16/h2-14H,1H3,(H2,24,26). The van der Waals surface area contributed by atoms with Crippen LogP contribution >= 0.6 is 0 Å². The van der Waals surface area contributed by atoms with Crippen molar-refractivity contribution in [2.24, 2.45) is 10.7 Å². The Morgan fingerprint density at radius 3 is 2.78 bits per heavy atom. The molecular formula is C23H18N4. The smallest absolute Gasteiger partial charge is 0.200 e. The fourth-order valence-corrected chi connectivity index (χ4v) is 3.61. The fraction of sp³-hybridized carbons (Fsp3) is 0.0435. The molecule has 4 aromatic rings.